The van der Waals surface area contributed by atoms with E-state index in [-0.39, 0.29) is 5.82 Å². The summed E-state index contributed by atoms with van der Waals surface area (Å²) in [6, 6.07) is 5.17. The van der Waals surface area contributed by atoms with Gasteiger partial charge in [0.1, 0.15) is 28.7 Å². The highest BCUT2D eigenvalue weighted by atomic mass is 32.2. The Morgan fingerprint density at radius 3 is 2.65 bits per heavy atom. The molecule has 3 aromatic rings. The van der Waals surface area contributed by atoms with E-state index in [0.717, 1.165) is 18.5 Å². The fourth-order valence-electron chi connectivity index (χ4n) is 1.82. The van der Waals surface area contributed by atoms with Gasteiger partial charge in [-0.25, -0.2) is 31.8 Å². The van der Waals surface area contributed by atoms with Gasteiger partial charge in [-0.1, -0.05) is 0 Å². The fourth-order valence-corrected chi connectivity index (χ4v) is 2.88. The topological polar surface area (TPSA) is 89.8 Å². The number of nitrogens with one attached hydrogen (secondary N) is 1. The third-order valence-electron chi connectivity index (χ3n) is 2.81. The summed E-state index contributed by atoms with van der Waals surface area (Å²) in [5.74, 6) is -1.82. The Kier molecular flexibility index (Phi) is 3.74. The van der Waals surface area contributed by atoms with Crippen LogP contribution in [0, 0.1) is 11.6 Å². The molecule has 2 aromatic heterocycles. The van der Waals surface area contributed by atoms with E-state index in [2.05, 4.69) is 19.8 Å². The molecule has 0 aliphatic carbocycles. The molecule has 23 heavy (non-hydrogen) atoms. The molecule has 0 atom stereocenters. The largest absolute Gasteiger partial charge is 0.265 e. The number of halogens is 2. The first-order valence-electron chi connectivity index (χ1n) is 6.26. The van der Waals surface area contributed by atoms with E-state index in [9.17, 15) is 17.2 Å². The van der Waals surface area contributed by atoms with Crippen molar-refractivity contribution in [2.75, 3.05) is 4.72 Å². The van der Waals surface area contributed by atoms with Gasteiger partial charge < -0.3 is 0 Å². The van der Waals surface area contributed by atoms with Gasteiger partial charge in [0.2, 0.25) is 0 Å². The first-order valence-corrected chi connectivity index (χ1v) is 7.74. The predicted octanol–water partition coefficient (Wildman–Crippen LogP) is 1.74. The smallest absolute Gasteiger partial charge is 0.263 e. The van der Waals surface area contributed by atoms with Gasteiger partial charge in [0.15, 0.2) is 5.82 Å². The van der Waals surface area contributed by atoms with Crippen molar-refractivity contribution in [3.05, 3.63) is 60.7 Å². The van der Waals surface area contributed by atoms with Crippen LogP contribution in [0.1, 0.15) is 0 Å². The third kappa shape index (κ3) is 3.16. The maximum absolute atomic E-state index is 13.6. The molecule has 2 heterocycles. The summed E-state index contributed by atoms with van der Waals surface area (Å²) in [6.07, 6.45) is 4.27. The molecule has 0 aliphatic rings. The van der Waals surface area contributed by atoms with Crippen LogP contribution in [0.5, 0.6) is 0 Å². The Hall–Kier alpha value is -2.88. The molecule has 0 radical (unpaired) electrons. The van der Waals surface area contributed by atoms with E-state index >= 15 is 0 Å². The minimum absolute atomic E-state index is 0.0748. The number of sulfonamides is 1. The Morgan fingerprint density at radius 1 is 1.13 bits per heavy atom. The normalized spacial score (nSPS) is 11.4. The lowest BCUT2D eigenvalue weighted by atomic mass is 10.3. The fraction of sp³-hybridized carbons (Fsp3) is 0. The molecule has 118 valence electrons. The van der Waals surface area contributed by atoms with E-state index < -0.39 is 26.6 Å². The van der Waals surface area contributed by atoms with Crippen LogP contribution in [0.15, 0.2) is 53.9 Å². The molecule has 0 amide bonds. The van der Waals surface area contributed by atoms with Crippen molar-refractivity contribution >= 4 is 15.8 Å². The first kappa shape index (κ1) is 15.0. The van der Waals surface area contributed by atoms with Crippen molar-refractivity contribution in [2.45, 2.75) is 4.90 Å². The molecule has 1 N–H and O–H groups in total. The van der Waals surface area contributed by atoms with Crippen molar-refractivity contribution in [3.63, 3.8) is 0 Å². The standard InChI is InChI=1S/C13H9F2N5O2S/c14-9-2-3-11(10(15)6-9)23(21,22)19-12-7-13(17-8-16-12)20-5-1-4-18-20/h1-8H,(H,16,17,19). The van der Waals surface area contributed by atoms with Gasteiger partial charge in [-0.05, 0) is 18.2 Å². The predicted molar refractivity (Wildman–Crippen MR) is 76.3 cm³/mol. The van der Waals surface area contributed by atoms with Crippen molar-refractivity contribution in [1.29, 1.82) is 0 Å². The number of aromatic nitrogens is 4. The molecule has 0 unspecified atom stereocenters. The summed E-state index contributed by atoms with van der Waals surface area (Å²) in [5.41, 5.74) is 0. The van der Waals surface area contributed by atoms with Crippen LogP contribution >= 0.6 is 0 Å². The molecule has 0 aliphatic heterocycles. The van der Waals surface area contributed by atoms with Crippen molar-refractivity contribution in [3.8, 4) is 5.82 Å². The molecular formula is C13H9F2N5O2S. The van der Waals surface area contributed by atoms with Crippen LogP contribution in [0.2, 0.25) is 0 Å². The molecule has 1 aromatic carbocycles. The minimum atomic E-state index is -4.26. The zero-order chi connectivity index (χ0) is 16.4. The number of anilines is 1. The zero-order valence-corrected chi connectivity index (χ0v) is 12.2. The maximum Gasteiger partial charge on any atom is 0.265 e. The van der Waals surface area contributed by atoms with Crippen LogP contribution < -0.4 is 4.72 Å². The van der Waals surface area contributed by atoms with Crippen molar-refractivity contribution < 1.29 is 17.2 Å². The second-order valence-corrected chi connectivity index (χ2v) is 6.04. The summed E-state index contributed by atoms with van der Waals surface area (Å²) in [4.78, 5) is 7.03. The van der Waals surface area contributed by atoms with Gasteiger partial charge in [-0.3, -0.25) is 4.72 Å². The van der Waals surface area contributed by atoms with Gasteiger partial charge in [-0.2, -0.15) is 5.10 Å². The Bertz CT molecular complexity index is 945. The maximum atomic E-state index is 13.6. The van der Waals surface area contributed by atoms with Crippen LogP contribution in [0.3, 0.4) is 0 Å². The molecule has 0 saturated carbocycles. The summed E-state index contributed by atoms with van der Waals surface area (Å²) in [7, 11) is -4.26. The number of hydrogen-bond donors (Lipinski definition) is 1. The SMILES string of the molecule is O=S(=O)(Nc1cc(-n2cccn2)ncn1)c1ccc(F)cc1F. The number of nitrogens with zero attached hydrogens (tertiary/aromatic N) is 4. The summed E-state index contributed by atoms with van der Waals surface area (Å²) >= 11 is 0. The molecular weight excluding hydrogens is 328 g/mol. The van der Waals surface area contributed by atoms with Crippen LogP contribution in [0.25, 0.3) is 5.82 Å². The monoisotopic (exact) mass is 337 g/mol. The van der Waals surface area contributed by atoms with Crippen LogP contribution in [-0.2, 0) is 10.0 Å². The molecule has 0 fully saturated rings. The van der Waals surface area contributed by atoms with E-state index in [1.807, 2.05) is 0 Å². The van der Waals surface area contributed by atoms with Crippen LogP contribution in [0.4, 0.5) is 14.6 Å². The number of rotatable bonds is 4. The lowest BCUT2D eigenvalue weighted by Gasteiger charge is -2.09. The second kappa shape index (κ2) is 5.72. The van der Waals surface area contributed by atoms with Crippen molar-refractivity contribution in [2.24, 2.45) is 0 Å². The van der Waals surface area contributed by atoms with E-state index in [0.29, 0.717) is 11.9 Å². The van der Waals surface area contributed by atoms with Gasteiger partial charge in [0, 0.05) is 24.5 Å². The van der Waals surface area contributed by atoms with E-state index in [4.69, 9.17) is 0 Å². The summed E-state index contributed by atoms with van der Waals surface area (Å²) in [6.45, 7) is 0. The second-order valence-electron chi connectivity index (χ2n) is 4.39. The molecule has 3 rings (SSSR count). The highest BCUT2D eigenvalue weighted by Crippen LogP contribution is 2.19. The number of benzene rings is 1. The van der Waals surface area contributed by atoms with Crippen LogP contribution in [-0.4, -0.2) is 28.2 Å². The highest BCUT2D eigenvalue weighted by Gasteiger charge is 2.20. The average Bonchev–Trinajstić information content (AvgIpc) is 3.00. The van der Waals surface area contributed by atoms with Gasteiger partial charge >= 0.3 is 0 Å². The molecule has 0 saturated heterocycles. The quantitative estimate of drug-likeness (QED) is 0.783. The summed E-state index contributed by atoms with van der Waals surface area (Å²) in [5, 5.41) is 3.95. The summed E-state index contributed by atoms with van der Waals surface area (Å²) < 4.78 is 54.4. The van der Waals surface area contributed by atoms with E-state index in [1.54, 1.807) is 12.3 Å². The average molecular weight is 337 g/mol. The lowest BCUT2D eigenvalue weighted by Crippen LogP contribution is -2.16. The zero-order valence-electron chi connectivity index (χ0n) is 11.4. The Morgan fingerprint density at radius 2 is 1.96 bits per heavy atom. The van der Waals surface area contributed by atoms with Gasteiger partial charge in [0.05, 0.1) is 0 Å². The van der Waals surface area contributed by atoms with Gasteiger partial charge in [-0.15, -0.1) is 0 Å². The van der Waals surface area contributed by atoms with Gasteiger partial charge in [0.25, 0.3) is 10.0 Å². The number of hydrogen-bond acceptors (Lipinski definition) is 5. The van der Waals surface area contributed by atoms with Crippen molar-refractivity contribution in [1.82, 2.24) is 19.7 Å². The third-order valence-corrected chi connectivity index (χ3v) is 4.20. The highest BCUT2D eigenvalue weighted by molar-refractivity contribution is 7.92. The molecule has 0 spiro atoms. The molecule has 0 bridgehead atoms. The Labute approximate surface area is 129 Å². The Balaban J connectivity index is 1.93. The molecule has 10 heteroatoms. The first-order chi connectivity index (χ1) is 11.0. The molecule has 7 nitrogen and oxygen atoms in total. The van der Waals surface area contributed by atoms with E-state index in [1.165, 1.54) is 16.9 Å². The minimum Gasteiger partial charge on any atom is -0.263 e. The lowest BCUT2D eigenvalue weighted by molar-refractivity contribution is 0.551.